The smallest absolute Gasteiger partial charge is 0.312 e. The van der Waals surface area contributed by atoms with E-state index in [1.165, 1.54) is 0 Å². The van der Waals surface area contributed by atoms with E-state index in [-0.39, 0.29) is 16.5 Å². The molecule has 0 aromatic carbocycles. The van der Waals surface area contributed by atoms with Crippen molar-refractivity contribution in [3.05, 3.63) is 0 Å². The second-order valence-corrected chi connectivity index (χ2v) is 5.01. The van der Waals surface area contributed by atoms with Crippen LogP contribution in [0.1, 0.15) is 59.3 Å². The van der Waals surface area contributed by atoms with Crippen molar-refractivity contribution in [3.8, 4) is 0 Å². The van der Waals surface area contributed by atoms with Gasteiger partial charge in [0.25, 0.3) is 0 Å². The van der Waals surface area contributed by atoms with Crippen LogP contribution in [-0.2, 0) is 30.1 Å². The molecule has 0 unspecified atom stereocenters. The summed E-state index contributed by atoms with van der Waals surface area (Å²) in [4.78, 5) is 0. The summed E-state index contributed by atoms with van der Waals surface area (Å²) in [6, 6.07) is 0. The molecular formula is C12H27NiO3P+2. The Morgan fingerprint density at radius 3 is 1.18 bits per heavy atom. The Hall–Kier alpha value is 0.804. The molecule has 0 atom stereocenters. The molecule has 0 heterocycles. The van der Waals surface area contributed by atoms with Gasteiger partial charge in [0.1, 0.15) is 0 Å². The summed E-state index contributed by atoms with van der Waals surface area (Å²) in [6.07, 6.45) is 6.67. The molecule has 0 aliphatic carbocycles. The van der Waals surface area contributed by atoms with Gasteiger partial charge in [0.2, 0.25) is 0 Å². The van der Waals surface area contributed by atoms with E-state index in [2.05, 4.69) is 20.8 Å². The average Bonchev–Trinajstić information content (AvgIpc) is 2.29. The van der Waals surface area contributed by atoms with Gasteiger partial charge < -0.3 is 13.6 Å². The molecule has 3 nitrogen and oxygen atoms in total. The van der Waals surface area contributed by atoms with Gasteiger partial charge >= 0.3 is 25.1 Å². The summed E-state index contributed by atoms with van der Waals surface area (Å²) in [5, 5.41) is 0. The van der Waals surface area contributed by atoms with E-state index in [9.17, 15) is 0 Å². The van der Waals surface area contributed by atoms with Crippen LogP contribution in [0.5, 0.6) is 0 Å². The minimum atomic E-state index is -1.10. The van der Waals surface area contributed by atoms with Crippen LogP contribution in [0.15, 0.2) is 0 Å². The third kappa shape index (κ3) is 14.7. The van der Waals surface area contributed by atoms with E-state index in [4.69, 9.17) is 13.6 Å². The van der Waals surface area contributed by atoms with Crippen molar-refractivity contribution in [2.75, 3.05) is 19.8 Å². The molecule has 0 spiro atoms. The van der Waals surface area contributed by atoms with Crippen LogP contribution in [0.3, 0.4) is 0 Å². The number of rotatable bonds is 12. The maximum atomic E-state index is 5.60. The first-order valence-electron chi connectivity index (χ1n) is 6.54. The average molecular weight is 309 g/mol. The van der Waals surface area contributed by atoms with Crippen LogP contribution in [-0.4, -0.2) is 19.8 Å². The fraction of sp³-hybridized carbons (Fsp3) is 1.00. The fourth-order valence-electron chi connectivity index (χ4n) is 0.962. The number of hydrogen-bond acceptors (Lipinski definition) is 3. The first-order chi connectivity index (χ1) is 7.85. The predicted molar refractivity (Wildman–Crippen MR) is 69.5 cm³/mol. The van der Waals surface area contributed by atoms with Crippen molar-refractivity contribution in [1.29, 1.82) is 0 Å². The summed E-state index contributed by atoms with van der Waals surface area (Å²) in [7, 11) is -1.10. The maximum absolute atomic E-state index is 5.60. The summed E-state index contributed by atoms with van der Waals surface area (Å²) < 4.78 is 16.8. The van der Waals surface area contributed by atoms with Crippen LogP contribution in [0, 0.1) is 0 Å². The molecule has 17 heavy (non-hydrogen) atoms. The Kier molecular flexibility index (Phi) is 19.9. The van der Waals surface area contributed by atoms with Crippen LogP contribution in [0.4, 0.5) is 0 Å². The van der Waals surface area contributed by atoms with Gasteiger partial charge in [-0.3, -0.25) is 0 Å². The van der Waals surface area contributed by atoms with Gasteiger partial charge in [0, 0.05) is 0 Å². The monoisotopic (exact) mass is 308 g/mol. The Labute approximate surface area is 118 Å². The second kappa shape index (κ2) is 16.8. The molecule has 0 N–H and O–H groups in total. The molecule has 0 rings (SSSR count). The minimum Gasteiger partial charge on any atom is -0.312 e. The van der Waals surface area contributed by atoms with E-state index in [1.807, 2.05) is 0 Å². The largest absolute Gasteiger partial charge is 2.00 e. The van der Waals surface area contributed by atoms with Crippen molar-refractivity contribution < 1.29 is 30.1 Å². The molecule has 0 saturated heterocycles. The van der Waals surface area contributed by atoms with Crippen molar-refractivity contribution in [1.82, 2.24) is 0 Å². The van der Waals surface area contributed by atoms with E-state index >= 15 is 0 Å². The molecule has 0 aliphatic rings. The van der Waals surface area contributed by atoms with E-state index in [0.29, 0.717) is 0 Å². The van der Waals surface area contributed by atoms with Crippen molar-refractivity contribution in [3.63, 3.8) is 0 Å². The zero-order valence-corrected chi connectivity index (χ0v) is 13.2. The van der Waals surface area contributed by atoms with E-state index in [0.717, 1.165) is 58.3 Å². The first kappa shape index (κ1) is 20.1. The molecule has 0 saturated carbocycles. The van der Waals surface area contributed by atoms with Crippen molar-refractivity contribution >= 4 is 8.60 Å². The second-order valence-electron chi connectivity index (χ2n) is 3.78. The first-order valence-corrected chi connectivity index (χ1v) is 7.63. The summed E-state index contributed by atoms with van der Waals surface area (Å²) in [5.74, 6) is 0. The third-order valence-corrected chi connectivity index (χ3v) is 3.26. The quantitative estimate of drug-likeness (QED) is 0.298. The molecular weight excluding hydrogens is 282 g/mol. The maximum Gasteiger partial charge on any atom is 2.00 e. The Morgan fingerprint density at radius 2 is 0.941 bits per heavy atom. The third-order valence-electron chi connectivity index (χ3n) is 2.08. The summed E-state index contributed by atoms with van der Waals surface area (Å²) >= 11 is 0. The fourth-order valence-corrected chi connectivity index (χ4v) is 2.02. The molecule has 0 radical (unpaired) electrons. The van der Waals surface area contributed by atoms with Gasteiger partial charge in [-0.1, -0.05) is 40.0 Å². The van der Waals surface area contributed by atoms with Gasteiger partial charge in [-0.15, -0.1) is 0 Å². The molecule has 0 aromatic rings. The van der Waals surface area contributed by atoms with Gasteiger partial charge in [0.15, 0.2) is 0 Å². The van der Waals surface area contributed by atoms with Crippen LogP contribution in [0.25, 0.3) is 0 Å². The van der Waals surface area contributed by atoms with Gasteiger partial charge in [-0.05, 0) is 19.3 Å². The zero-order valence-electron chi connectivity index (χ0n) is 11.4. The van der Waals surface area contributed by atoms with Gasteiger partial charge in [-0.25, -0.2) is 0 Å². The summed E-state index contributed by atoms with van der Waals surface area (Å²) in [5.41, 5.74) is 0. The molecule has 0 aromatic heterocycles. The standard InChI is InChI=1S/C12H27O3P.Ni/c1-4-7-10-13-16(14-11-8-5-2)15-12-9-6-3;/h4-12H2,1-3H3;/q;+2. The Bertz CT molecular complexity index is 115. The Morgan fingerprint density at radius 1 is 0.647 bits per heavy atom. The van der Waals surface area contributed by atoms with Crippen LogP contribution < -0.4 is 0 Å². The SMILES string of the molecule is CCCCOP(OCCCC)OCCCC.[Ni+2]. The van der Waals surface area contributed by atoms with Crippen LogP contribution in [0.2, 0.25) is 0 Å². The number of hydrogen-bond donors (Lipinski definition) is 0. The molecule has 0 aliphatic heterocycles. The molecule has 0 bridgehead atoms. The van der Waals surface area contributed by atoms with Crippen molar-refractivity contribution in [2.24, 2.45) is 0 Å². The van der Waals surface area contributed by atoms with Crippen molar-refractivity contribution in [2.45, 2.75) is 59.3 Å². The minimum absolute atomic E-state index is 0. The zero-order chi connectivity index (χ0) is 12.1. The molecule has 0 fully saturated rings. The van der Waals surface area contributed by atoms with E-state index in [1.54, 1.807) is 0 Å². The predicted octanol–water partition coefficient (Wildman–Crippen LogP) is 4.66. The van der Waals surface area contributed by atoms with E-state index < -0.39 is 8.60 Å². The number of unbranched alkanes of at least 4 members (excludes halogenated alkanes) is 3. The summed E-state index contributed by atoms with van der Waals surface area (Å²) in [6.45, 7) is 8.71. The molecule has 5 heteroatoms. The Balaban J connectivity index is 0. The van der Waals surface area contributed by atoms with Crippen LogP contribution >= 0.6 is 8.60 Å². The normalized spacial score (nSPS) is 10.6. The van der Waals surface area contributed by atoms with Gasteiger partial charge in [0.05, 0.1) is 19.8 Å². The van der Waals surface area contributed by atoms with Gasteiger partial charge in [-0.2, -0.15) is 0 Å². The molecule has 106 valence electrons. The molecule has 0 amide bonds. The topological polar surface area (TPSA) is 27.7 Å².